The summed E-state index contributed by atoms with van der Waals surface area (Å²) in [5.74, 6) is 0.852. The van der Waals surface area contributed by atoms with E-state index >= 15 is 0 Å². The monoisotopic (exact) mass is 246 g/mol. The van der Waals surface area contributed by atoms with E-state index in [-0.39, 0.29) is 5.91 Å². The molecule has 0 radical (unpaired) electrons. The smallest absolute Gasteiger partial charge is 0.227 e. The van der Waals surface area contributed by atoms with Crippen LogP contribution in [0.3, 0.4) is 0 Å². The summed E-state index contributed by atoms with van der Waals surface area (Å²) >= 11 is 0. The van der Waals surface area contributed by atoms with Gasteiger partial charge in [0.2, 0.25) is 5.91 Å². The highest BCUT2D eigenvalue weighted by molar-refractivity contribution is 5.93. The van der Waals surface area contributed by atoms with Crippen LogP contribution in [0.15, 0.2) is 24.3 Å². The maximum absolute atomic E-state index is 12.3. The molecule has 0 bridgehead atoms. The summed E-state index contributed by atoms with van der Waals surface area (Å²) in [7, 11) is 0. The van der Waals surface area contributed by atoms with Crippen molar-refractivity contribution in [2.45, 2.75) is 39.0 Å². The van der Waals surface area contributed by atoms with Crippen LogP contribution < -0.4 is 10.6 Å². The van der Waals surface area contributed by atoms with Crippen LogP contribution in [-0.4, -0.2) is 12.5 Å². The maximum Gasteiger partial charge on any atom is 0.227 e. The van der Waals surface area contributed by atoms with Crippen molar-refractivity contribution in [3.63, 3.8) is 0 Å². The average Bonchev–Trinajstić information content (AvgIpc) is 2.30. The van der Waals surface area contributed by atoms with Crippen molar-refractivity contribution in [3.8, 4) is 0 Å². The number of hydrogen-bond acceptors (Lipinski definition) is 2. The Bertz CT molecular complexity index is 413. The van der Waals surface area contributed by atoms with Crippen molar-refractivity contribution in [1.82, 2.24) is 0 Å². The minimum atomic E-state index is 0.243. The van der Waals surface area contributed by atoms with Gasteiger partial charge in [-0.3, -0.25) is 4.79 Å². The standard InChI is InChI=1S/C15H22N2O/c1-2-9-17(14-8-4-7-13(16)11-14)15(18)10-12-5-3-6-12/h4,7-8,11-12H,2-3,5-6,9-10,16H2,1H3. The fraction of sp³-hybridized carbons (Fsp3) is 0.533. The molecule has 1 aromatic carbocycles. The van der Waals surface area contributed by atoms with Crippen molar-refractivity contribution in [1.29, 1.82) is 0 Å². The Hall–Kier alpha value is -1.51. The van der Waals surface area contributed by atoms with Gasteiger partial charge in [0.05, 0.1) is 0 Å². The number of rotatable bonds is 5. The Morgan fingerprint density at radius 3 is 2.78 bits per heavy atom. The molecule has 1 aliphatic rings. The lowest BCUT2D eigenvalue weighted by molar-refractivity contribution is -0.120. The summed E-state index contributed by atoms with van der Waals surface area (Å²) in [4.78, 5) is 14.2. The number of nitrogens with two attached hydrogens (primary N) is 1. The molecule has 98 valence electrons. The largest absolute Gasteiger partial charge is 0.399 e. The first-order chi connectivity index (χ1) is 8.70. The van der Waals surface area contributed by atoms with Crippen LogP contribution in [0.4, 0.5) is 11.4 Å². The zero-order valence-corrected chi connectivity index (χ0v) is 11.1. The molecule has 2 rings (SSSR count). The van der Waals surface area contributed by atoms with E-state index in [2.05, 4.69) is 6.92 Å². The van der Waals surface area contributed by atoms with E-state index in [1.165, 1.54) is 19.3 Å². The van der Waals surface area contributed by atoms with E-state index in [1.807, 2.05) is 29.2 Å². The first kappa shape index (κ1) is 12.9. The second kappa shape index (κ2) is 5.89. The van der Waals surface area contributed by atoms with Crippen molar-refractivity contribution >= 4 is 17.3 Å². The molecule has 3 heteroatoms. The lowest BCUT2D eigenvalue weighted by Gasteiger charge is -2.29. The lowest BCUT2D eigenvalue weighted by Crippen LogP contribution is -2.34. The average molecular weight is 246 g/mol. The summed E-state index contributed by atoms with van der Waals surface area (Å²) in [6, 6.07) is 7.60. The Morgan fingerprint density at radius 2 is 2.22 bits per heavy atom. The number of anilines is 2. The number of carbonyl (C=O) groups is 1. The molecule has 2 N–H and O–H groups in total. The van der Waals surface area contributed by atoms with Crippen molar-refractivity contribution in [2.24, 2.45) is 5.92 Å². The van der Waals surface area contributed by atoms with E-state index in [9.17, 15) is 4.79 Å². The van der Waals surface area contributed by atoms with Gasteiger partial charge in [0.25, 0.3) is 0 Å². The molecule has 0 unspecified atom stereocenters. The highest BCUT2D eigenvalue weighted by atomic mass is 16.2. The van der Waals surface area contributed by atoms with Crippen LogP contribution in [0, 0.1) is 5.92 Å². The normalized spacial score (nSPS) is 15.2. The molecule has 1 aliphatic carbocycles. The molecule has 1 fully saturated rings. The van der Waals surface area contributed by atoms with Gasteiger partial charge < -0.3 is 10.6 Å². The minimum absolute atomic E-state index is 0.243. The summed E-state index contributed by atoms with van der Waals surface area (Å²) in [5, 5.41) is 0. The van der Waals surface area contributed by atoms with E-state index in [0.717, 1.165) is 18.7 Å². The van der Waals surface area contributed by atoms with E-state index in [4.69, 9.17) is 5.73 Å². The molecule has 1 saturated carbocycles. The van der Waals surface area contributed by atoms with Gasteiger partial charge in [0, 0.05) is 24.3 Å². The highest BCUT2D eigenvalue weighted by Crippen LogP contribution is 2.31. The first-order valence-corrected chi connectivity index (χ1v) is 6.86. The molecule has 0 spiro atoms. The third-order valence-electron chi connectivity index (χ3n) is 3.62. The number of nitrogens with zero attached hydrogens (tertiary/aromatic N) is 1. The van der Waals surface area contributed by atoms with Crippen molar-refractivity contribution in [3.05, 3.63) is 24.3 Å². The molecule has 1 amide bonds. The lowest BCUT2D eigenvalue weighted by atomic mass is 9.82. The van der Waals surface area contributed by atoms with Gasteiger partial charge >= 0.3 is 0 Å². The van der Waals surface area contributed by atoms with Crippen molar-refractivity contribution < 1.29 is 4.79 Å². The zero-order chi connectivity index (χ0) is 13.0. The second-order valence-corrected chi connectivity index (χ2v) is 5.14. The SMILES string of the molecule is CCCN(C(=O)CC1CCC1)c1cccc(N)c1. The van der Waals surface area contributed by atoms with Crippen LogP contribution in [0.1, 0.15) is 39.0 Å². The van der Waals surface area contributed by atoms with Crippen LogP contribution in [0.25, 0.3) is 0 Å². The number of carbonyl (C=O) groups excluding carboxylic acids is 1. The van der Waals surface area contributed by atoms with Crippen LogP contribution in [0.5, 0.6) is 0 Å². The number of amides is 1. The zero-order valence-electron chi connectivity index (χ0n) is 11.1. The molecular formula is C15H22N2O. The molecule has 0 atom stereocenters. The Labute approximate surface area is 109 Å². The minimum Gasteiger partial charge on any atom is -0.399 e. The fourth-order valence-corrected chi connectivity index (χ4v) is 2.37. The fourth-order valence-electron chi connectivity index (χ4n) is 2.37. The Balaban J connectivity index is 2.08. The molecule has 0 aromatic heterocycles. The maximum atomic E-state index is 12.3. The van der Waals surface area contributed by atoms with Gasteiger partial charge in [-0.25, -0.2) is 0 Å². The molecule has 0 saturated heterocycles. The topological polar surface area (TPSA) is 46.3 Å². The van der Waals surface area contributed by atoms with Gasteiger partial charge in [-0.05, 0) is 43.4 Å². The van der Waals surface area contributed by atoms with Gasteiger partial charge in [-0.1, -0.05) is 19.4 Å². The molecular weight excluding hydrogens is 224 g/mol. The first-order valence-electron chi connectivity index (χ1n) is 6.86. The predicted octanol–water partition coefficient (Wildman–Crippen LogP) is 3.20. The third-order valence-corrected chi connectivity index (χ3v) is 3.62. The molecule has 0 heterocycles. The van der Waals surface area contributed by atoms with E-state index in [0.29, 0.717) is 18.0 Å². The predicted molar refractivity (Wildman–Crippen MR) is 75.5 cm³/mol. The number of nitrogen functional groups attached to an aromatic ring is 1. The van der Waals surface area contributed by atoms with Gasteiger partial charge in [-0.2, -0.15) is 0 Å². The molecule has 1 aromatic rings. The van der Waals surface area contributed by atoms with Crippen LogP contribution in [-0.2, 0) is 4.79 Å². The Morgan fingerprint density at radius 1 is 1.44 bits per heavy atom. The van der Waals surface area contributed by atoms with Crippen LogP contribution >= 0.6 is 0 Å². The summed E-state index contributed by atoms with van der Waals surface area (Å²) < 4.78 is 0. The highest BCUT2D eigenvalue weighted by Gasteiger charge is 2.24. The third kappa shape index (κ3) is 3.03. The summed E-state index contributed by atoms with van der Waals surface area (Å²) in [6.07, 6.45) is 5.36. The molecule has 0 aliphatic heterocycles. The number of benzene rings is 1. The van der Waals surface area contributed by atoms with Crippen molar-refractivity contribution in [2.75, 3.05) is 17.2 Å². The van der Waals surface area contributed by atoms with Crippen LogP contribution in [0.2, 0.25) is 0 Å². The number of hydrogen-bond donors (Lipinski definition) is 1. The molecule has 3 nitrogen and oxygen atoms in total. The molecule has 18 heavy (non-hydrogen) atoms. The Kier molecular flexibility index (Phi) is 4.24. The second-order valence-electron chi connectivity index (χ2n) is 5.14. The van der Waals surface area contributed by atoms with Gasteiger partial charge in [0.1, 0.15) is 0 Å². The summed E-state index contributed by atoms with van der Waals surface area (Å²) in [6.45, 7) is 2.87. The van der Waals surface area contributed by atoms with Gasteiger partial charge in [0.15, 0.2) is 0 Å². The quantitative estimate of drug-likeness (QED) is 0.811. The van der Waals surface area contributed by atoms with E-state index < -0.39 is 0 Å². The van der Waals surface area contributed by atoms with Gasteiger partial charge in [-0.15, -0.1) is 0 Å². The summed E-state index contributed by atoms with van der Waals surface area (Å²) in [5.41, 5.74) is 7.44. The van der Waals surface area contributed by atoms with E-state index in [1.54, 1.807) is 0 Å².